The summed E-state index contributed by atoms with van der Waals surface area (Å²) in [4.78, 5) is 18.5. The Morgan fingerprint density at radius 3 is 2.95 bits per heavy atom. The van der Waals surface area contributed by atoms with Crippen LogP contribution in [0.15, 0.2) is 29.6 Å². The Balaban J connectivity index is 1.65. The van der Waals surface area contributed by atoms with Crippen molar-refractivity contribution in [1.82, 2.24) is 4.98 Å². The van der Waals surface area contributed by atoms with E-state index in [1.165, 1.54) is 17.8 Å². The number of carbonyl (C=O) groups is 1. The number of hydrogen-bond donors (Lipinski definition) is 0. The summed E-state index contributed by atoms with van der Waals surface area (Å²) in [6, 6.07) is 8.21. The summed E-state index contributed by atoms with van der Waals surface area (Å²) in [7, 11) is 0. The van der Waals surface area contributed by atoms with Crippen molar-refractivity contribution in [2.75, 3.05) is 11.4 Å². The minimum Gasteiger partial charge on any atom is -0.312 e. The molecule has 2 aliphatic rings. The molecule has 4 heteroatoms. The number of aromatic nitrogens is 1. The van der Waals surface area contributed by atoms with Crippen LogP contribution in [0.1, 0.15) is 36.6 Å². The summed E-state index contributed by atoms with van der Waals surface area (Å²) in [6.45, 7) is 0.840. The van der Waals surface area contributed by atoms with Crippen LogP contribution in [0.25, 0.3) is 11.3 Å². The van der Waals surface area contributed by atoms with Crippen molar-refractivity contribution in [3.63, 3.8) is 0 Å². The van der Waals surface area contributed by atoms with Crippen molar-refractivity contribution in [2.45, 2.75) is 31.6 Å². The Morgan fingerprint density at radius 1 is 1.30 bits per heavy atom. The van der Waals surface area contributed by atoms with E-state index in [-0.39, 0.29) is 5.91 Å². The summed E-state index contributed by atoms with van der Waals surface area (Å²) in [5.41, 5.74) is 3.17. The van der Waals surface area contributed by atoms with Crippen molar-refractivity contribution in [3.05, 3.63) is 34.7 Å². The summed E-state index contributed by atoms with van der Waals surface area (Å²) in [5.74, 6) is 0.941. The van der Waals surface area contributed by atoms with Crippen molar-refractivity contribution >= 4 is 22.9 Å². The molecule has 1 aliphatic heterocycles. The van der Waals surface area contributed by atoms with Crippen LogP contribution in [-0.2, 0) is 4.79 Å². The van der Waals surface area contributed by atoms with E-state index in [4.69, 9.17) is 4.98 Å². The van der Waals surface area contributed by atoms with E-state index in [0.717, 1.165) is 29.9 Å². The molecule has 1 amide bonds. The van der Waals surface area contributed by atoms with Crippen LogP contribution < -0.4 is 4.90 Å². The summed E-state index contributed by atoms with van der Waals surface area (Å²) >= 11 is 1.76. The van der Waals surface area contributed by atoms with Crippen LogP contribution in [0.2, 0.25) is 0 Å². The van der Waals surface area contributed by atoms with E-state index in [2.05, 4.69) is 17.5 Å². The fraction of sp³-hybridized carbons (Fsp3) is 0.375. The van der Waals surface area contributed by atoms with E-state index >= 15 is 0 Å². The SMILES string of the molecule is O=C1CCCN1c1cccc(-c2csc(C3CC3)n2)c1. The highest BCUT2D eigenvalue weighted by molar-refractivity contribution is 7.10. The van der Waals surface area contributed by atoms with Gasteiger partial charge in [0.25, 0.3) is 0 Å². The number of hydrogen-bond acceptors (Lipinski definition) is 3. The van der Waals surface area contributed by atoms with Gasteiger partial charge in [-0.05, 0) is 31.4 Å². The minimum atomic E-state index is 0.235. The molecule has 0 unspecified atom stereocenters. The molecule has 20 heavy (non-hydrogen) atoms. The third-order valence-electron chi connectivity index (χ3n) is 3.98. The van der Waals surface area contributed by atoms with Crippen LogP contribution in [-0.4, -0.2) is 17.4 Å². The zero-order chi connectivity index (χ0) is 13.5. The third-order valence-corrected chi connectivity index (χ3v) is 4.98. The zero-order valence-electron chi connectivity index (χ0n) is 11.2. The van der Waals surface area contributed by atoms with Gasteiger partial charge in [0, 0.05) is 35.5 Å². The Morgan fingerprint density at radius 2 is 2.20 bits per heavy atom. The molecule has 4 rings (SSSR count). The van der Waals surface area contributed by atoms with Crippen LogP contribution in [0.4, 0.5) is 5.69 Å². The topological polar surface area (TPSA) is 33.2 Å². The largest absolute Gasteiger partial charge is 0.312 e. The van der Waals surface area contributed by atoms with Crippen molar-refractivity contribution in [3.8, 4) is 11.3 Å². The number of thiazole rings is 1. The molecule has 0 bridgehead atoms. The first kappa shape index (κ1) is 12.1. The van der Waals surface area contributed by atoms with E-state index < -0.39 is 0 Å². The number of amides is 1. The fourth-order valence-corrected chi connectivity index (χ4v) is 3.69. The molecular weight excluding hydrogens is 268 g/mol. The van der Waals surface area contributed by atoms with E-state index in [1.807, 2.05) is 17.0 Å². The smallest absolute Gasteiger partial charge is 0.227 e. The molecule has 0 atom stereocenters. The predicted molar refractivity (Wildman–Crippen MR) is 81.1 cm³/mol. The lowest BCUT2D eigenvalue weighted by Crippen LogP contribution is -2.23. The first-order chi connectivity index (χ1) is 9.81. The molecule has 0 radical (unpaired) electrons. The Kier molecular flexibility index (Phi) is 2.84. The number of benzene rings is 1. The number of nitrogens with zero attached hydrogens (tertiary/aromatic N) is 2. The number of anilines is 1. The van der Waals surface area contributed by atoms with Gasteiger partial charge in [0.15, 0.2) is 0 Å². The van der Waals surface area contributed by atoms with E-state index in [1.54, 1.807) is 11.3 Å². The highest BCUT2D eigenvalue weighted by atomic mass is 32.1. The molecule has 1 aromatic heterocycles. The highest BCUT2D eigenvalue weighted by Crippen LogP contribution is 2.42. The minimum absolute atomic E-state index is 0.235. The maximum Gasteiger partial charge on any atom is 0.227 e. The van der Waals surface area contributed by atoms with Crippen molar-refractivity contribution < 1.29 is 4.79 Å². The molecule has 1 saturated carbocycles. The Labute approximate surface area is 122 Å². The van der Waals surface area contributed by atoms with Gasteiger partial charge in [0.05, 0.1) is 10.7 Å². The highest BCUT2D eigenvalue weighted by Gasteiger charge is 2.27. The molecule has 1 aromatic carbocycles. The van der Waals surface area contributed by atoms with Crippen LogP contribution in [0, 0.1) is 0 Å². The quantitative estimate of drug-likeness (QED) is 0.858. The molecule has 0 spiro atoms. The summed E-state index contributed by atoms with van der Waals surface area (Å²) < 4.78 is 0. The molecule has 2 heterocycles. The van der Waals surface area contributed by atoms with Gasteiger partial charge in [-0.25, -0.2) is 4.98 Å². The molecule has 2 fully saturated rings. The third kappa shape index (κ3) is 2.14. The monoisotopic (exact) mass is 284 g/mol. The molecular formula is C16H16N2OS. The normalized spacial score (nSPS) is 18.8. The number of rotatable bonds is 3. The molecule has 1 saturated heterocycles. The average Bonchev–Trinajstić information content (AvgIpc) is 3.04. The van der Waals surface area contributed by atoms with Gasteiger partial charge in [0.1, 0.15) is 0 Å². The van der Waals surface area contributed by atoms with Crippen molar-refractivity contribution in [1.29, 1.82) is 0 Å². The maximum absolute atomic E-state index is 11.8. The second-order valence-corrected chi connectivity index (χ2v) is 6.43. The molecule has 2 aromatic rings. The van der Waals surface area contributed by atoms with Gasteiger partial charge < -0.3 is 4.90 Å². The summed E-state index contributed by atoms with van der Waals surface area (Å²) in [6.07, 6.45) is 4.21. The summed E-state index contributed by atoms with van der Waals surface area (Å²) in [5, 5.41) is 3.40. The lowest BCUT2D eigenvalue weighted by Gasteiger charge is -2.16. The Hall–Kier alpha value is -1.68. The second-order valence-electron chi connectivity index (χ2n) is 5.54. The molecule has 0 N–H and O–H groups in total. The van der Waals surface area contributed by atoms with Gasteiger partial charge in [-0.1, -0.05) is 12.1 Å². The van der Waals surface area contributed by atoms with Gasteiger partial charge in [-0.3, -0.25) is 4.79 Å². The van der Waals surface area contributed by atoms with Gasteiger partial charge in [-0.2, -0.15) is 0 Å². The standard InChI is InChI=1S/C16H16N2OS/c19-15-5-2-8-18(15)13-4-1-3-12(9-13)14-10-20-16(17-14)11-6-7-11/h1,3-4,9-11H,2,5-8H2. The fourth-order valence-electron chi connectivity index (χ4n) is 2.69. The maximum atomic E-state index is 11.8. The first-order valence-corrected chi connectivity index (χ1v) is 8.05. The zero-order valence-corrected chi connectivity index (χ0v) is 12.0. The number of carbonyl (C=O) groups excluding carboxylic acids is 1. The van der Waals surface area contributed by atoms with Crippen molar-refractivity contribution in [2.24, 2.45) is 0 Å². The molecule has 102 valence electrons. The van der Waals surface area contributed by atoms with E-state index in [9.17, 15) is 4.79 Å². The molecule has 1 aliphatic carbocycles. The van der Waals surface area contributed by atoms with Gasteiger partial charge >= 0.3 is 0 Å². The average molecular weight is 284 g/mol. The van der Waals surface area contributed by atoms with Crippen LogP contribution in [0.3, 0.4) is 0 Å². The molecule has 3 nitrogen and oxygen atoms in total. The predicted octanol–water partition coefficient (Wildman–Crippen LogP) is 3.81. The van der Waals surface area contributed by atoms with E-state index in [0.29, 0.717) is 12.3 Å². The lowest BCUT2D eigenvalue weighted by molar-refractivity contribution is -0.117. The second kappa shape index (κ2) is 4.70. The Bertz CT molecular complexity index is 660. The first-order valence-electron chi connectivity index (χ1n) is 7.17. The van der Waals surface area contributed by atoms with Crippen LogP contribution in [0.5, 0.6) is 0 Å². The van der Waals surface area contributed by atoms with Gasteiger partial charge in [0.2, 0.25) is 5.91 Å². The lowest BCUT2D eigenvalue weighted by atomic mass is 10.1. The van der Waals surface area contributed by atoms with Gasteiger partial charge in [-0.15, -0.1) is 11.3 Å². The van der Waals surface area contributed by atoms with Crippen LogP contribution >= 0.6 is 11.3 Å².